The van der Waals surface area contributed by atoms with Crippen LogP contribution >= 0.6 is 0 Å². The van der Waals surface area contributed by atoms with E-state index in [9.17, 15) is 4.79 Å². The number of benzene rings is 1. The molecular weight excluding hydrogens is 324 g/mol. The Kier molecular flexibility index (Phi) is 5.19. The first kappa shape index (κ1) is 18.6. The summed E-state index contributed by atoms with van der Waals surface area (Å²) in [6.07, 6.45) is 2.38. The molecule has 0 spiro atoms. The van der Waals surface area contributed by atoms with Crippen molar-refractivity contribution < 1.29 is 4.79 Å². The summed E-state index contributed by atoms with van der Waals surface area (Å²) < 4.78 is 2.03. The molecule has 1 unspecified atom stereocenters. The lowest BCUT2D eigenvalue weighted by Gasteiger charge is -2.23. The number of hydrogen-bond donors (Lipinski definition) is 1. The van der Waals surface area contributed by atoms with Gasteiger partial charge in [0.25, 0.3) is 5.91 Å². The average molecular weight is 354 g/mol. The van der Waals surface area contributed by atoms with Crippen LogP contribution in [0.15, 0.2) is 36.4 Å². The summed E-state index contributed by atoms with van der Waals surface area (Å²) in [4.78, 5) is 15.0. The predicted octanol–water partition coefficient (Wildman–Crippen LogP) is 3.55. The molecule has 0 bridgehead atoms. The molecule has 1 N–H and O–H groups in total. The first-order valence-corrected chi connectivity index (χ1v) is 9.36. The fourth-order valence-electron chi connectivity index (χ4n) is 3.23. The average Bonchev–Trinajstić information content (AvgIpc) is 3.31. The Hall–Kier alpha value is -2.14. The Morgan fingerprint density at radius 1 is 1.27 bits per heavy atom. The molecule has 1 amide bonds. The van der Waals surface area contributed by atoms with E-state index in [1.165, 1.54) is 18.5 Å². The SMILES string of the molecule is CN(C)CC(NC(=O)c1cc(C2CC2)n(C(C)(C)C)n1)c1ccccc1. The third kappa shape index (κ3) is 4.33. The maximum atomic E-state index is 12.9. The summed E-state index contributed by atoms with van der Waals surface area (Å²) in [5.74, 6) is 0.445. The second-order valence-corrected chi connectivity index (χ2v) is 8.51. The van der Waals surface area contributed by atoms with Crippen LogP contribution in [-0.2, 0) is 5.54 Å². The summed E-state index contributed by atoms with van der Waals surface area (Å²) in [5.41, 5.74) is 2.68. The molecule has 1 heterocycles. The number of amides is 1. The van der Waals surface area contributed by atoms with Crippen molar-refractivity contribution in [2.24, 2.45) is 0 Å². The zero-order valence-electron chi connectivity index (χ0n) is 16.5. The molecule has 26 heavy (non-hydrogen) atoms. The topological polar surface area (TPSA) is 50.2 Å². The molecule has 1 aromatic heterocycles. The van der Waals surface area contributed by atoms with E-state index in [0.29, 0.717) is 11.6 Å². The molecule has 0 aliphatic heterocycles. The van der Waals surface area contributed by atoms with Crippen molar-refractivity contribution in [1.29, 1.82) is 0 Å². The molecule has 0 radical (unpaired) electrons. The van der Waals surface area contributed by atoms with Crippen LogP contribution in [0.25, 0.3) is 0 Å². The molecule has 2 aromatic rings. The van der Waals surface area contributed by atoms with Gasteiger partial charge >= 0.3 is 0 Å². The summed E-state index contributed by atoms with van der Waals surface area (Å²) in [6, 6.07) is 12.0. The Morgan fingerprint density at radius 3 is 2.46 bits per heavy atom. The standard InChI is InChI=1S/C21H30N4O/c1-21(2,3)25-19(16-11-12-16)13-17(23-25)20(26)22-18(14-24(4)5)15-9-7-6-8-10-15/h6-10,13,16,18H,11-12,14H2,1-5H3,(H,22,26). The summed E-state index contributed by atoms with van der Waals surface area (Å²) in [6.45, 7) is 7.14. The highest BCUT2D eigenvalue weighted by molar-refractivity contribution is 5.92. The van der Waals surface area contributed by atoms with E-state index < -0.39 is 0 Å². The van der Waals surface area contributed by atoms with Gasteiger partial charge in [-0.1, -0.05) is 30.3 Å². The van der Waals surface area contributed by atoms with E-state index in [1.54, 1.807) is 0 Å². The molecule has 140 valence electrons. The van der Waals surface area contributed by atoms with Gasteiger partial charge in [0.15, 0.2) is 0 Å². The van der Waals surface area contributed by atoms with E-state index >= 15 is 0 Å². The normalized spacial score (nSPS) is 15.9. The van der Waals surface area contributed by atoms with Crippen molar-refractivity contribution >= 4 is 5.91 Å². The van der Waals surface area contributed by atoms with Crippen molar-refractivity contribution in [2.45, 2.75) is 51.1 Å². The van der Waals surface area contributed by atoms with Crippen molar-refractivity contribution in [3.8, 4) is 0 Å². The Labute approximate surface area is 156 Å². The fraction of sp³-hybridized carbons (Fsp3) is 0.524. The maximum absolute atomic E-state index is 12.9. The van der Waals surface area contributed by atoms with E-state index in [4.69, 9.17) is 0 Å². The minimum atomic E-state index is -0.126. The molecule has 1 aromatic carbocycles. The van der Waals surface area contributed by atoms with Gasteiger partial charge in [0.05, 0.1) is 11.6 Å². The van der Waals surface area contributed by atoms with Crippen LogP contribution in [0.5, 0.6) is 0 Å². The van der Waals surface area contributed by atoms with Gasteiger partial charge in [-0.05, 0) is 59.3 Å². The lowest BCUT2D eigenvalue weighted by atomic mass is 10.1. The highest BCUT2D eigenvalue weighted by atomic mass is 16.2. The molecule has 0 saturated heterocycles. The molecule has 5 nitrogen and oxygen atoms in total. The molecule has 1 fully saturated rings. The van der Waals surface area contributed by atoms with Gasteiger partial charge in [-0.3, -0.25) is 9.48 Å². The Morgan fingerprint density at radius 2 is 1.92 bits per heavy atom. The number of rotatable bonds is 6. The van der Waals surface area contributed by atoms with Gasteiger partial charge in [-0.15, -0.1) is 0 Å². The molecule has 3 rings (SSSR count). The highest BCUT2D eigenvalue weighted by Gasteiger charge is 2.32. The van der Waals surface area contributed by atoms with Gasteiger partial charge in [-0.25, -0.2) is 0 Å². The Bertz CT molecular complexity index is 754. The monoisotopic (exact) mass is 354 g/mol. The van der Waals surface area contributed by atoms with Crippen molar-refractivity contribution in [3.63, 3.8) is 0 Å². The van der Waals surface area contributed by atoms with Gasteiger partial charge in [0.2, 0.25) is 0 Å². The number of aromatic nitrogens is 2. The molecule has 1 saturated carbocycles. The fourth-order valence-corrected chi connectivity index (χ4v) is 3.23. The molecule has 1 aliphatic carbocycles. The molecule has 1 atom stereocenters. The number of hydrogen-bond acceptors (Lipinski definition) is 3. The quantitative estimate of drug-likeness (QED) is 0.863. The second-order valence-electron chi connectivity index (χ2n) is 8.51. The third-order valence-corrected chi connectivity index (χ3v) is 4.66. The zero-order chi connectivity index (χ0) is 18.9. The smallest absolute Gasteiger partial charge is 0.272 e. The highest BCUT2D eigenvalue weighted by Crippen LogP contribution is 2.41. The number of likely N-dealkylation sites (N-methyl/N-ethyl adjacent to an activating group) is 1. The van der Waals surface area contributed by atoms with Crippen LogP contribution in [0.2, 0.25) is 0 Å². The summed E-state index contributed by atoms with van der Waals surface area (Å²) in [7, 11) is 4.03. The van der Waals surface area contributed by atoms with Gasteiger partial charge in [0.1, 0.15) is 5.69 Å². The van der Waals surface area contributed by atoms with Crippen LogP contribution in [-0.4, -0.2) is 41.2 Å². The van der Waals surface area contributed by atoms with Crippen LogP contribution in [0.3, 0.4) is 0 Å². The predicted molar refractivity (Wildman–Crippen MR) is 104 cm³/mol. The van der Waals surface area contributed by atoms with Gasteiger partial charge in [0, 0.05) is 18.2 Å². The van der Waals surface area contributed by atoms with Crippen molar-refractivity contribution in [3.05, 3.63) is 53.3 Å². The van der Waals surface area contributed by atoms with Crippen LogP contribution in [0, 0.1) is 0 Å². The number of nitrogens with one attached hydrogen (secondary N) is 1. The van der Waals surface area contributed by atoms with Crippen molar-refractivity contribution in [2.75, 3.05) is 20.6 Å². The molecule has 1 aliphatic rings. The lowest BCUT2D eigenvalue weighted by Crippen LogP contribution is -2.35. The summed E-state index contributed by atoms with van der Waals surface area (Å²) >= 11 is 0. The number of carbonyl (C=O) groups excluding carboxylic acids is 1. The van der Waals surface area contributed by atoms with Crippen LogP contribution < -0.4 is 5.32 Å². The van der Waals surface area contributed by atoms with Gasteiger partial charge < -0.3 is 10.2 Å². The van der Waals surface area contributed by atoms with E-state index in [2.05, 4.69) is 48.2 Å². The molecular formula is C21H30N4O. The first-order valence-electron chi connectivity index (χ1n) is 9.36. The third-order valence-electron chi connectivity index (χ3n) is 4.66. The maximum Gasteiger partial charge on any atom is 0.272 e. The van der Waals surface area contributed by atoms with E-state index in [-0.39, 0.29) is 17.5 Å². The minimum Gasteiger partial charge on any atom is -0.343 e. The second kappa shape index (κ2) is 7.23. The van der Waals surface area contributed by atoms with Crippen LogP contribution in [0.4, 0.5) is 0 Å². The van der Waals surface area contributed by atoms with E-state index in [1.807, 2.05) is 43.0 Å². The van der Waals surface area contributed by atoms with Gasteiger partial charge in [-0.2, -0.15) is 5.10 Å². The first-order chi connectivity index (χ1) is 12.3. The van der Waals surface area contributed by atoms with E-state index in [0.717, 1.165) is 12.1 Å². The minimum absolute atomic E-state index is 0.0668. The zero-order valence-corrected chi connectivity index (χ0v) is 16.5. The Balaban J connectivity index is 1.84. The lowest BCUT2D eigenvalue weighted by molar-refractivity contribution is 0.0923. The van der Waals surface area contributed by atoms with Crippen molar-refractivity contribution in [1.82, 2.24) is 20.0 Å². The number of carbonyl (C=O) groups is 1. The van der Waals surface area contributed by atoms with Crippen LogP contribution in [0.1, 0.15) is 67.3 Å². The number of nitrogens with zero attached hydrogens (tertiary/aromatic N) is 3. The summed E-state index contributed by atoms with van der Waals surface area (Å²) in [5, 5.41) is 7.84. The molecule has 5 heteroatoms. The largest absolute Gasteiger partial charge is 0.343 e.